The van der Waals surface area contributed by atoms with Gasteiger partial charge in [0.1, 0.15) is 0 Å². The van der Waals surface area contributed by atoms with Crippen LogP contribution in [0.15, 0.2) is 48.5 Å². The highest BCUT2D eigenvalue weighted by Gasteiger charge is 2.37. The van der Waals surface area contributed by atoms with Crippen LogP contribution in [0.25, 0.3) is 0 Å². The fourth-order valence-electron chi connectivity index (χ4n) is 3.99. The van der Waals surface area contributed by atoms with Crippen LogP contribution >= 0.6 is 0 Å². The molecule has 0 aliphatic carbocycles. The average Bonchev–Trinajstić information content (AvgIpc) is 3.03. The van der Waals surface area contributed by atoms with Crippen LogP contribution in [0.5, 0.6) is 0 Å². The molecule has 2 aromatic rings. The van der Waals surface area contributed by atoms with Crippen molar-refractivity contribution in [3.8, 4) is 0 Å². The second-order valence-corrected chi connectivity index (χ2v) is 7.38. The SMILES string of the molecule is Cc1ccc(CN2C[C@@H](C(=O)N3CCCc4ccccc43)CC2=O)cc1. The zero-order valence-electron chi connectivity index (χ0n) is 15.1. The summed E-state index contributed by atoms with van der Waals surface area (Å²) in [6.07, 6.45) is 2.32. The van der Waals surface area contributed by atoms with Gasteiger partial charge in [-0.15, -0.1) is 0 Å². The monoisotopic (exact) mass is 348 g/mol. The number of carbonyl (C=O) groups excluding carboxylic acids is 2. The Kier molecular flexibility index (Phi) is 4.49. The van der Waals surface area contributed by atoms with Crippen LogP contribution in [-0.4, -0.2) is 29.8 Å². The first-order valence-electron chi connectivity index (χ1n) is 9.34. The van der Waals surface area contributed by atoms with E-state index in [0.717, 1.165) is 30.6 Å². The highest BCUT2D eigenvalue weighted by atomic mass is 16.2. The van der Waals surface area contributed by atoms with Gasteiger partial charge in [-0.1, -0.05) is 48.0 Å². The van der Waals surface area contributed by atoms with Gasteiger partial charge in [0, 0.05) is 31.7 Å². The number of anilines is 1. The van der Waals surface area contributed by atoms with Gasteiger partial charge in [0.2, 0.25) is 11.8 Å². The third-order valence-corrected chi connectivity index (χ3v) is 5.43. The Morgan fingerprint density at radius 2 is 1.88 bits per heavy atom. The van der Waals surface area contributed by atoms with Crippen LogP contribution in [0.1, 0.15) is 29.5 Å². The number of carbonyl (C=O) groups is 2. The number of fused-ring (bicyclic) bond motifs is 1. The molecule has 0 aromatic heterocycles. The van der Waals surface area contributed by atoms with Crippen molar-refractivity contribution >= 4 is 17.5 Å². The summed E-state index contributed by atoms with van der Waals surface area (Å²) in [5.74, 6) is -0.0646. The van der Waals surface area contributed by atoms with Crippen LogP contribution in [-0.2, 0) is 22.6 Å². The minimum atomic E-state index is -0.237. The molecule has 4 nitrogen and oxygen atoms in total. The second-order valence-electron chi connectivity index (χ2n) is 7.38. The van der Waals surface area contributed by atoms with Gasteiger partial charge in [-0.3, -0.25) is 9.59 Å². The first kappa shape index (κ1) is 16.8. The summed E-state index contributed by atoms with van der Waals surface area (Å²) >= 11 is 0. The number of nitrogens with zero attached hydrogens (tertiary/aromatic N) is 2. The molecule has 4 heteroatoms. The van der Waals surface area contributed by atoms with Gasteiger partial charge < -0.3 is 9.80 Å². The smallest absolute Gasteiger partial charge is 0.232 e. The molecule has 2 aromatic carbocycles. The molecule has 1 fully saturated rings. The topological polar surface area (TPSA) is 40.6 Å². The van der Waals surface area contributed by atoms with Gasteiger partial charge in [-0.2, -0.15) is 0 Å². The molecular weight excluding hydrogens is 324 g/mol. The van der Waals surface area contributed by atoms with E-state index in [1.165, 1.54) is 11.1 Å². The molecule has 1 atom stereocenters. The minimum Gasteiger partial charge on any atom is -0.338 e. The lowest BCUT2D eigenvalue weighted by molar-refractivity contribution is -0.128. The number of likely N-dealkylation sites (tertiary alicyclic amines) is 1. The summed E-state index contributed by atoms with van der Waals surface area (Å²) in [5, 5.41) is 0. The van der Waals surface area contributed by atoms with Crippen molar-refractivity contribution in [3.05, 3.63) is 65.2 Å². The minimum absolute atomic E-state index is 0.0780. The Hall–Kier alpha value is -2.62. The normalized spacial score (nSPS) is 19.6. The van der Waals surface area contributed by atoms with Crippen LogP contribution in [0.3, 0.4) is 0 Å². The average molecular weight is 348 g/mol. The number of hydrogen-bond acceptors (Lipinski definition) is 2. The Labute approximate surface area is 154 Å². The number of amides is 2. The zero-order chi connectivity index (χ0) is 18.1. The Balaban J connectivity index is 1.47. The molecule has 0 N–H and O–H groups in total. The summed E-state index contributed by atoms with van der Waals surface area (Å²) in [6.45, 7) is 3.90. The summed E-state index contributed by atoms with van der Waals surface area (Å²) in [7, 11) is 0. The lowest BCUT2D eigenvalue weighted by atomic mass is 9.99. The van der Waals surface area contributed by atoms with Crippen molar-refractivity contribution in [1.82, 2.24) is 4.90 Å². The fourth-order valence-corrected chi connectivity index (χ4v) is 3.99. The molecule has 26 heavy (non-hydrogen) atoms. The molecule has 0 saturated carbocycles. The van der Waals surface area contributed by atoms with Crippen molar-refractivity contribution < 1.29 is 9.59 Å². The Morgan fingerprint density at radius 3 is 2.69 bits per heavy atom. The van der Waals surface area contributed by atoms with Crippen molar-refractivity contribution in [3.63, 3.8) is 0 Å². The fraction of sp³-hybridized carbons (Fsp3) is 0.364. The molecule has 0 radical (unpaired) electrons. The third kappa shape index (κ3) is 3.24. The predicted octanol–water partition coefficient (Wildman–Crippen LogP) is 3.32. The van der Waals surface area contributed by atoms with Crippen LogP contribution in [0.2, 0.25) is 0 Å². The first-order valence-corrected chi connectivity index (χ1v) is 9.34. The molecule has 2 aliphatic heterocycles. The molecule has 4 rings (SSSR count). The van der Waals surface area contributed by atoms with E-state index in [1.54, 1.807) is 0 Å². The maximum absolute atomic E-state index is 13.1. The van der Waals surface area contributed by atoms with Crippen molar-refractivity contribution in [1.29, 1.82) is 0 Å². The number of aryl methyl sites for hydroxylation is 2. The maximum Gasteiger partial charge on any atom is 0.232 e. The largest absolute Gasteiger partial charge is 0.338 e. The molecule has 2 aliphatic rings. The standard InChI is InChI=1S/C22H24N2O2/c1-16-8-10-17(11-9-16)14-23-15-19(13-21(23)25)22(26)24-12-4-6-18-5-2-3-7-20(18)24/h2-3,5,7-11,19H,4,6,12-15H2,1H3/t19-/m0/s1. The molecular formula is C22H24N2O2. The van der Waals surface area contributed by atoms with Gasteiger partial charge in [0.05, 0.1) is 5.92 Å². The summed E-state index contributed by atoms with van der Waals surface area (Å²) in [4.78, 5) is 29.3. The van der Waals surface area contributed by atoms with E-state index in [4.69, 9.17) is 0 Å². The van der Waals surface area contributed by atoms with E-state index in [2.05, 4.69) is 37.3 Å². The van der Waals surface area contributed by atoms with Crippen molar-refractivity contribution in [2.75, 3.05) is 18.0 Å². The van der Waals surface area contributed by atoms with Gasteiger partial charge in [-0.05, 0) is 37.0 Å². The number of benzene rings is 2. The molecule has 1 saturated heterocycles. The van der Waals surface area contributed by atoms with Crippen LogP contribution in [0, 0.1) is 12.8 Å². The van der Waals surface area contributed by atoms with E-state index in [9.17, 15) is 9.59 Å². The molecule has 2 amide bonds. The second kappa shape index (κ2) is 6.94. The number of para-hydroxylation sites is 1. The molecule has 2 heterocycles. The highest BCUT2D eigenvalue weighted by molar-refractivity contribution is 5.99. The third-order valence-electron chi connectivity index (χ3n) is 5.43. The van der Waals surface area contributed by atoms with E-state index >= 15 is 0 Å². The van der Waals surface area contributed by atoms with Crippen LogP contribution < -0.4 is 4.90 Å². The molecule has 0 unspecified atom stereocenters. The number of rotatable bonds is 3. The predicted molar refractivity (Wildman–Crippen MR) is 102 cm³/mol. The summed E-state index contributed by atoms with van der Waals surface area (Å²) < 4.78 is 0. The lowest BCUT2D eigenvalue weighted by Crippen LogP contribution is -2.40. The van der Waals surface area contributed by atoms with E-state index in [-0.39, 0.29) is 17.7 Å². The van der Waals surface area contributed by atoms with E-state index in [1.807, 2.05) is 28.0 Å². The van der Waals surface area contributed by atoms with Gasteiger partial charge >= 0.3 is 0 Å². The molecule has 0 bridgehead atoms. The first-order chi connectivity index (χ1) is 12.6. The van der Waals surface area contributed by atoms with E-state index < -0.39 is 0 Å². The Bertz CT molecular complexity index is 828. The highest BCUT2D eigenvalue weighted by Crippen LogP contribution is 2.30. The van der Waals surface area contributed by atoms with Crippen molar-refractivity contribution in [2.24, 2.45) is 5.92 Å². The molecule has 134 valence electrons. The zero-order valence-corrected chi connectivity index (χ0v) is 15.1. The Morgan fingerprint density at radius 1 is 1.12 bits per heavy atom. The maximum atomic E-state index is 13.1. The van der Waals surface area contributed by atoms with E-state index in [0.29, 0.717) is 19.5 Å². The van der Waals surface area contributed by atoms with Gasteiger partial charge in [0.25, 0.3) is 0 Å². The lowest BCUT2D eigenvalue weighted by Gasteiger charge is -2.31. The van der Waals surface area contributed by atoms with Crippen molar-refractivity contribution in [2.45, 2.75) is 32.7 Å². The summed E-state index contributed by atoms with van der Waals surface area (Å²) in [5.41, 5.74) is 4.57. The van der Waals surface area contributed by atoms with Gasteiger partial charge in [0.15, 0.2) is 0 Å². The van der Waals surface area contributed by atoms with Gasteiger partial charge in [-0.25, -0.2) is 0 Å². The summed E-state index contributed by atoms with van der Waals surface area (Å²) in [6, 6.07) is 16.3. The van der Waals surface area contributed by atoms with Crippen LogP contribution in [0.4, 0.5) is 5.69 Å². The molecule has 0 spiro atoms. The quantitative estimate of drug-likeness (QED) is 0.854. The number of hydrogen-bond donors (Lipinski definition) is 0.